The van der Waals surface area contributed by atoms with Gasteiger partial charge >= 0.3 is 0 Å². The fourth-order valence-electron chi connectivity index (χ4n) is 4.25. The van der Waals surface area contributed by atoms with Gasteiger partial charge < -0.3 is 0 Å². The molecule has 4 aromatic rings. The van der Waals surface area contributed by atoms with Gasteiger partial charge in [-0.05, 0) is 28.7 Å². The summed E-state index contributed by atoms with van der Waals surface area (Å²) in [5.74, 6) is -0.0856. The molecule has 1 nitrogen and oxygen atoms in total. The lowest BCUT2D eigenvalue weighted by Gasteiger charge is -2.37. The van der Waals surface area contributed by atoms with Gasteiger partial charge in [-0.25, -0.2) is 0 Å². The Bertz CT molecular complexity index is 1030. The normalized spacial score (nSPS) is 12.8. The second-order valence-electron chi connectivity index (χ2n) is 7.37. The van der Waals surface area contributed by atoms with Crippen molar-refractivity contribution in [2.24, 2.45) is 0 Å². The maximum Gasteiger partial charge on any atom is 0.0971 e. The van der Waals surface area contributed by atoms with Crippen LogP contribution in [0.15, 0.2) is 121 Å². The Hall–Kier alpha value is -3.63. The van der Waals surface area contributed by atoms with Gasteiger partial charge in [-0.2, -0.15) is 5.26 Å². The van der Waals surface area contributed by atoms with E-state index in [-0.39, 0.29) is 5.92 Å². The Kier molecular flexibility index (Phi) is 5.54. The Morgan fingerprint density at radius 3 is 1.45 bits per heavy atom. The minimum absolute atomic E-state index is 0.0856. The zero-order valence-corrected chi connectivity index (χ0v) is 16.3. The third kappa shape index (κ3) is 3.84. The SMILES string of the molecule is N#CC(Cc1ccccc1)(c1ccccc1)C(c1ccccc1)c1ccccc1. The van der Waals surface area contributed by atoms with Gasteiger partial charge in [0.25, 0.3) is 0 Å². The van der Waals surface area contributed by atoms with Gasteiger partial charge in [-0.1, -0.05) is 121 Å². The third-order valence-electron chi connectivity index (χ3n) is 5.57. The molecule has 1 atom stereocenters. The highest BCUT2D eigenvalue weighted by Crippen LogP contribution is 2.45. The average Bonchev–Trinajstić information content (AvgIpc) is 2.81. The van der Waals surface area contributed by atoms with Crippen LogP contribution in [0.4, 0.5) is 0 Å². The van der Waals surface area contributed by atoms with Crippen LogP contribution in [0.1, 0.15) is 28.2 Å². The third-order valence-corrected chi connectivity index (χ3v) is 5.57. The molecule has 0 saturated heterocycles. The predicted molar refractivity (Wildman–Crippen MR) is 119 cm³/mol. The molecule has 0 amide bonds. The summed E-state index contributed by atoms with van der Waals surface area (Å²) in [5.41, 5.74) is 3.78. The first-order valence-corrected chi connectivity index (χ1v) is 9.94. The molecule has 29 heavy (non-hydrogen) atoms. The number of nitriles is 1. The smallest absolute Gasteiger partial charge is 0.0971 e. The molecule has 0 radical (unpaired) electrons. The molecule has 0 N–H and O–H groups in total. The first-order chi connectivity index (χ1) is 14.3. The summed E-state index contributed by atoms with van der Waals surface area (Å²) in [7, 11) is 0. The molecule has 1 unspecified atom stereocenters. The maximum atomic E-state index is 10.7. The van der Waals surface area contributed by atoms with Crippen molar-refractivity contribution in [2.45, 2.75) is 17.8 Å². The lowest BCUT2D eigenvalue weighted by atomic mass is 9.63. The van der Waals surface area contributed by atoms with Gasteiger partial charge in [0.2, 0.25) is 0 Å². The first kappa shape index (κ1) is 18.7. The van der Waals surface area contributed by atoms with Crippen LogP contribution in [0.3, 0.4) is 0 Å². The summed E-state index contributed by atoms with van der Waals surface area (Å²) in [6, 6.07) is 44.2. The first-order valence-electron chi connectivity index (χ1n) is 9.94. The Balaban J connectivity index is 1.97. The summed E-state index contributed by atoms with van der Waals surface area (Å²) in [4.78, 5) is 0. The molecule has 4 aromatic carbocycles. The molecule has 0 aliphatic carbocycles. The van der Waals surface area contributed by atoms with Crippen LogP contribution in [-0.4, -0.2) is 0 Å². The molecule has 0 spiro atoms. The van der Waals surface area contributed by atoms with E-state index in [0.29, 0.717) is 6.42 Å². The van der Waals surface area contributed by atoms with Crippen LogP contribution < -0.4 is 0 Å². The van der Waals surface area contributed by atoms with E-state index in [4.69, 9.17) is 0 Å². The highest BCUT2D eigenvalue weighted by Gasteiger charge is 2.42. The average molecular weight is 373 g/mol. The fourth-order valence-corrected chi connectivity index (χ4v) is 4.25. The largest absolute Gasteiger partial charge is 0.197 e. The van der Waals surface area contributed by atoms with Crippen molar-refractivity contribution in [3.8, 4) is 6.07 Å². The van der Waals surface area contributed by atoms with E-state index >= 15 is 0 Å². The quantitative estimate of drug-likeness (QED) is 0.377. The standard InChI is InChI=1S/C28H23N/c29-22-28(26-19-11-4-12-20-26,21-23-13-5-1-6-14-23)27(24-15-7-2-8-16-24)25-17-9-3-10-18-25/h1-20,27H,21H2. The molecule has 0 aromatic heterocycles. The maximum absolute atomic E-state index is 10.7. The molecular formula is C28H23N. The number of nitrogens with zero attached hydrogens (tertiary/aromatic N) is 1. The van der Waals surface area contributed by atoms with E-state index in [1.165, 1.54) is 0 Å². The van der Waals surface area contributed by atoms with Crippen LogP contribution in [-0.2, 0) is 11.8 Å². The Morgan fingerprint density at radius 1 is 0.586 bits per heavy atom. The van der Waals surface area contributed by atoms with Crippen molar-refractivity contribution in [1.29, 1.82) is 5.26 Å². The van der Waals surface area contributed by atoms with Gasteiger partial charge in [0.05, 0.1) is 11.5 Å². The summed E-state index contributed by atoms with van der Waals surface area (Å²) in [5, 5.41) is 10.7. The van der Waals surface area contributed by atoms with Crippen molar-refractivity contribution in [1.82, 2.24) is 0 Å². The van der Waals surface area contributed by atoms with Crippen LogP contribution >= 0.6 is 0 Å². The number of benzene rings is 4. The zero-order chi connectivity index (χ0) is 19.9. The molecule has 0 heterocycles. The molecule has 0 saturated carbocycles. The van der Waals surface area contributed by atoms with E-state index in [2.05, 4.69) is 78.9 Å². The lowest BCUT2D eigenvalue weighted by Crippen LogP contribution is -2.35. The number of hydrogen-bond donors (Lipinski definition) is 0. The van der Waals surface area contributed by atoms with Crippen LogP contribution in [0.2, 0.25) is 0 Å². The highest BCUT2D eigenvalue weighted by atomic mass is 14.5. The van der Waals surface area contributed by atoms with Gasteiger partial charge in [0.15, 0.2) is 0 Å². The molecule has 4 rings (SSSR count). The predicted octanol–water partition coefficient (Wildman–Crippen LogP) is 6.52. The second-order valence-corrected chi connectivity index (χ2v) is 7.37. The van der Waals surface area contributed by atoms with Crippen molar-refractivity contribution in [3.63, 3.8) is 0 Å². The second kappa shape index (κ2) is 8.59. The van der Waals surface area contributed by atoms with E-state index in [9.17, 15) is 5.26 Å². The molecule has 0 bridgehead atoms. The van der Waals surface area contributed by atoms with Crippen molar-refractivity contribution in [2.75, 3.05) is 0 Å². The van der Waals surface area contributed by atoms with Crippen LogP contribution in [0, 0.1) is 11.3 Å². The van der Waals surface area contributed by atoms with Gasteiger partial charge in [-0.3, -0.25) is 0 Å². The summed E-state index contributed by atoms with van der Waals surface area (Å²) < 4.78 is 0. The van der Waals surface area contributed by atoms with E-state index < -0.39 is 5.41 Å². The fraction of sp³-hybridized carbons (Fsp3) is 0.107. The zero-order valence-electron chi connectivity index (χ0n) is 16.3. The monoisotopic (exact) mass is 373 g/mol. The highest BCUT2D eigenvalue weighted by molar-refractivity contribution is 5.48. The molecule has 1 heteroatoms. The van der Waals surface area contributed by atoms with E-state index in [1.807, 2.05) is 48.5 Å². The van der Waals surface area contributed by atoms with E-state index in [0.717, 1.165) is 22.3 Å². The molecule has 140 valence electrons. The van der Waals surface area contributed by atoms with Crippen molar-refractivity contribution >= 4 is 0 Å². The lowest BCUT2D eigenvalue weighted by molar-refractivity contribution is 0.479. The molecule has 0 aliphatic rings. The van der Waals surface area contributed by atoms with Gasteiger partial charge in [0, 0.05) is 5.92 Å². The number of hydrogen-bond acceptors (Lipinski definition) is 1. The van der Waals surface area contributed by atoms with Crippen LogP contribution in [0.5, 0.6) is 0 Å². The summed E-state index contributed by atoms with van der Waals surface area (Å²) in [6.45, 7) is 0. The van der Waals surface area contributed by atoms with Crippen molar-refractivity contribution in [3.05, 3.63) is 144 Å². The number of rotatable bonds is 6. The minimum atomic E-state index is -0.731. The Morgan fingerprint density at radius 2 is 1.00 bits per heavy atom. The Labute approximate surface area is 172 Å². The van der Waals surface area contributed by atoms with Crippen molar-refractivity contribution < 1.29 is 0 Å². The molecule has 0 aliphatic heterocycles. The van der Waals surface area contributed by atoms with E-state index in [1.54, 1.807) is 0 Å². The molecule has 0 fully saturated rings. The van der Waals surface area contributed by atoms with Gasteiger partial charge in [-0.15, -0.1) is 0 Å². The minimum Gasteiger partial charge on any atom is -0.197 e. The van der Waals surface area contributed by atoms with Crippen LogP contribution in [0.25, 0.3) is 0 Å². The van der Waals surface area contributed by atoms with Gasteiger partial charge in [0.1, 0.15) is 0 Å². The topological polar surface area (TPSA) is 23.8 Å². The summed E-state index contributed by atoms with van der Waals surface area (Å²) in [6.07, 6.45) is 0.642. The molecular weight excluding hydrogens is 350 g/mol. The summed E-state index contributed by atoms with van der Waals surface area (Å²) >= 11 is 0.